The number of aromatic nitrogens is 4. The molecule has 1 aromatic carbocycles. The summed E-state index contributed by atoms with van der Waals surface area (Å²) in [6.07, 6.45) is 6.20. The number of hydrogen-bond donors (Lipinski definition) is 0. The molecular weight excluding hydrogens is 422 g/mol. The van der Waals surface area contributed by atoms with Crippen molar-refractivity contribution in [1.29, 1.82) is 0 Å². The predicted octanol–water partition coefficient (Wildman–Crippen LogP) is 4.96. The van der Waals surface area contributed by atoms with Crippen molar-refractivity contribution < 1.29 is 4.79 Å². The van der Waals surface area contributed by atoms with Crippen molar-refractivity contribution in [2.24, 2.45) is 0 Å². The number of likely N-dealkylation sites (tertiary alicyclic amines) is 1. The second-order valence-electron chi connectivity index (χ2n) is 8.38. The largest absolute Gasteiger partial charge is 0.330 e. The van der Waals surface area contributed by atoms with Crippen LogP contribution >= 0.6 is 11.6 Å². The van der Waals surface area contributed by atoms with Gasteiger partial charge in [0.2, 0.25) is 0 Å². The molecule has 4 heterocycles. The first kappa shape index (κ1) is 20.6. The SMILES string of the molecule is Cc1cc(C)n2ncc(C(=O)N3CCCC3c3ccc(Cc4ccc(Cl)cc4)cn3)c2n1. The molecule has 7 heteroatoms. The average molecular weight is 446 g/mol. The molecule has 5 rings (SSSR count). The molecule has 1 amide bonds. The zero-order valence-electron chi connectivity index (χ0n) is 18.1. The standard InChI is InChI=1S/C25H24ClN5O/c1-16-12-17(2)31-24(29-16)21(15-28-31)25(32)30-11-3-4-23(30)22-10-7-19(14-27-22)13-18-5-8-20(26)9-6-18/h5-10,12,14-15,23H,3-4,11,13H2,1-2H3. The predicted molar refractivity (Wildman–Crippen MR) is 124 cm³/mol. The summed E-state index contributed by atoms with van der Waals surface area (Å²) < 4.78 is 1.73. The summed E-state index contributed by atoms with van der Waals surface area (Å²) in [4.78, 5) is 24.7. The lowest BCUT2D eigenvalue weighted by molar-refractivity contribution is 0.0734. The van der Waals surface area contributed by atoms with Crippen molar-refractivity contribution >= 4 is 23.2 Å². The molecule has 1 saturated heterocycles. The van der Waals surface area contributed by atoms with Crippen LogP contribution in [0.2, 0.25) is 5.02 Å². The number of hydrogen-bond acceptors (Lipinski definition) is 4. The van der Waals surface area contributed by atoms with E-state index in [-0.39, 0.29) is 11.9 Å². The maximum Gasteiger partial charge on any atom is 0.259 e. The van der Waals surface area contributed by atoms with Gasteiger partial charge in [-0.1, -0.05) is 29.8 Å². The van der Waals surface area contributed by atoms with Gasteiger partial charge in [-0.3, -0.25) is 9.78 Å². The summed E-state index contributed by atoms with van der Waals surface area (Å²) in [6.45, 7) is 4.61. The minimum Gasteiger partial charge on any atom is -0.330 e. The molecular formula is C25H24ClN5O. The van der Waals surface area contributed by atoms with Crippen molar-refractivity contribution in [3.8, 4) is 0 Å². The number of halogens is 1. The molecule has 0 bridgehead atoms. The topological polar surface area (TPSA) is 63.4 Å². The van der Waals surface area contributed by atoms with E-state index in [1.807, 2.05) is 61.3 Å². The van der Waals surface area contributed by atoms with E-state index < -0.39 is 0 Å². The summed E-state index contributed by atoms with van der Waals surface area (Å²) in [5.41, 5.74) is 6.24. The highest BCUT2D eigenvalue weighted by molar-refractivity contribution is 6.30. The maximum atomic E-state index is 13.5. The minimum absolute atomic E-state index is 0.0343. The molecule has 1 unspecified atom stereocenters. The first-order valence-corrected chi connectivity index (χ1v) is 11.2. The molecule has 0 saturated carbocycles. The van der Waals surface area contributed by atoms with E-state index >= 15 is 0 Å². The number of carbonyl (C=O) groups excluding carboxylic acids is 1. The van der Waals surface area contributed by atoms with Gasteiger partial charge in [0.25, 0.3) is 5.91 Å². The first-order chi connectivity index (χ1) is 15.5. The maximum absolute atomic E-state index is 13.5. The number of pyridine rings is 1. The Morgan fingerprint density at radius 3 is 2.62 bits per heavy atom. The van der Waals surface area contributed by atoms with Gasteiger partial charge in [-0.25, -0.2) is 9.50 Å². The molecule has 6 nitrogen and oxygen atoms in total. The molecule has 1 aliphatic rings. The van der Waals surface area contributed by atoms with Crippen molar-refractivity contribution in [1.82, 2.24) is 24.5 Å². The highest BCUT2D eigenvalue weighted by Gasteiger charge is 2.33. The fraction of sp³-hybridized carbons (Fsp3) is 0.280. The highest BCUT2D eigenvalue weighted by Crippen LogP contribution is 2.33. The molecule has 3 aromatic heterocycles. The number of nitrogens with zero attached hydrogens (tertiary/aromatic N) is 5. The number of fused-ring (bicyclic) bond motifs is 1. The Morgan fingerprint density at radius 1 is 1.09 bits per heavy atom. The Hall–Kier alpha value is -3.25. The van der Waals surface area contributed by atoms with Crippen LogP contribution in [0.3, 0.4) is 0 Å². The van der Waals surface area contributed by atoms with E-state index in [1.165, 1.54) is 5.56 Å². The minimum atomic E-state index is -0.0351. The molecule has 1 fully saturated rings. The lowest BCUT2D eigenvalue weighted by Gasteiger charge is -2.24. The summed E-state index contributed by atoms with van der Waals surface area (Å²) >= 11 is 5.98. The van der Waals surface area contributed by atoms with Crippen LogP contribution in [0.4, 0.5) is 0 Å². The van der Waals surface area contributed by atoms with Crippen LogP contribution in [0.15, 0.2) is 54.9 Å². The quantitative estimate of drug-likeness (QED) is 0.445. The average Bonchev–Trinajstić information content (AvgIpc) is 3.43. The zero-order valence-corrected chi connectivity index (χ0v) is 18.9. The summed E-state index contributed by atoms with van der Waals surface area (Å²) in [5.74, 6) is -0.0351. The second kappa shape index (κ2) is 8.36. The number of aryl methyl sites for hydroxylation is 2. The number of benzene rings is 1. The first-order valence-electron chi connectivity index (χ1n) is 10.8. The number of amides is 1. The molecule has 0 spiro atoms. The van der Waals surface area contributed by atoms with Crippen molar-refractivity contribution in [2.45, 2.75) is 39.2 Å². The smallest absolute Gasteiger partial charge is 0.259 e. The molecule has 1 aliphatic heterocycles. The Bertz CT molecular complexity index is 1280. The Balaban J connectivity index is 1.38. The lowest BCUT2D eigenvalue weighted by Crippen LogP contribution is -2.31. The van der Waals surface area contributed by atoms with Crippen molar-refractivity contribution in [3.05, 3.63) is 93.7 Å². The Labute approximate surface area is 191 Å². The zero-order chi connectivity index (χ0) is 22.2. The lowest BCUT2D eigenvalue weighted by atomic mass is 10.0. The Morgan fingerprint density at radius 2 is 1.88 bits per heavy atom. The van der Waals surface area contributed by atoms with Gasteiger partial charge in [0, 0.05) is 29.2 Å². The van der Waals surface area contributed by atoms with Crippen LogP contribution in [0.25, 0.3) is 5.65 Å². The molecule has 4 aromatic rings. The van der Waals surface area contributed by atoms with Crippen LogP contribution in [0.5, 0.6) is 0 Å². The van der Waals surface area contributed by atoms with E-state index in [0.29, 0.717) is 17.8 Å². The van der Waals surface area contributed by atoms with Crippen LogP contribution in [0.1, 0.15) is 57.5 Å². The highest BCUT2D eigenvalue weighted by atomic mass is 35.5. The van der Waals surface area contributed by atoms with Gasteiger partial charge in [0.1, 0.15) is 5.56 Å². The number of rotatable bonds is 4. The molecule has 0 N–H and O–H groups in total. The third-order valence-electron chi connectivity index (χ3n) is 6.03. The molecule has 1 atom stereocenters. The van der Waals surface area contributed by atoms with E-state index in [4.69, 9.17) is 16.6 Å². The van der Waals surface area contributed by atoms with Gasteiger partial charge in [0.05, 0.1) is 17.9 Å². The van der Waals surface area contributed by atoms with Crippen LogP contribution in [-0.4, -0.2) is 36.9 Å². The second-order valence-corrected chi connectivity index (χ2v) is 8.82. The van der Waals surface area contributed by atoms with E-state index in [0.717, 1.165) is 46.9 Å². The van der Waals surface area contributed by atoms with E-state index in [1.54, 1.807) is 10.7 Å². The molecule has 0 aliphatic carbocycles. The van der Waals surface area contributed by atoms with Crippen LogP contribution < -0.4 is 0 Å². The van der Waals surface area contributed by atoms with Gasteiger partial charge in [-0.05, 0) is 68.5 Å². The van der Waals surface area contributed by atoms with Gasteiger partial charge < -0.3 is 4.90 Å². The van der Waals surface area contributed by atoms with E-state index in [2.05, 4.69) is 16.1 Å². The third kappa shape index (κ3) is 3.86. The monoisotopic (exact) mass is 445 g/mol. The summed E-state index contributed by atoms with van der Waals surface area (Å²) in [6, 6.07) is 13.9. The van der Waals surface area contributed by atoms with Crippen molar-refractivity contribution in [3.63, 3.8) is 0 Å². The number of carbonyl (C=O) groups is 1. The van der Waals surface area contributed by atoms with Crippen LogP contribution in [0, 0.1) is 13.8 Å². The molecule has 0 radical (unpaired) electrons. The fourth-order valence-corrected chi connectivity index (χ4v) is 4.59. The fourth-order valence-electron chi connectivity index (χ4n) is 4.47. The molecule has 32 heavy (non-hydrogen) atoms. The van der Waals surface area contributed by atoms with E-state index in [9.17, 15) is 4.79 Å². The van der Waals surface area contributed by atoms with Crippen LogP contribution in [-0.2, 0) is 6.42 Å². The van der Waals surface area contributed by atoms with Crippen molar-refractivity contribution in [2.75, 3.05) is 6.54 Å². The Kier molecular flexibility index (Phi) is 5.39. The summed E-state index contributed by atoms with van der Waals surface area (Å²) in [5, 5.41) is 5.13. The van der Waals surface area contributed by atoms with Gasteiger partial charge in [-0.2, -0.15) is 5.10 Å². The summed E-state index contributed by atoms with van der Waals surface area (Å²) in [7, 11) is 0. The van der Waals surface area contributed by atoms with Gasteiger partial charge in [0.15, 0.2) is 5.65 Å². The molecule has 162 valence electrons. The van der Waals surface area contributed by atoms with Gasteiger partial charge >= 0.3 is 0 Å². The third-order valence-corrected chi connectivity index (χ3v) is 6.28. The normalized spacial score (nSPS) is 16.1. The van der Waals surface area contributed by atoms with Gasteiger partial charge in [-0.15, -0.1) is 0 Å².